The molecule has 3 aromatic heterocycles. The van der Waals surface area contributed by atoms with Gasteiger partial charge in [-0.05, 0) is 87.0 Å². The second kappa shape index (κ2) is 13.5. The Labute approximate surface area is 273 Å². The highest BCUT2D eigenvalue weighted by Crippen LogP contribution is 2.36. The van der Waals surface area contributed by atoms with E-state index >= 15 is 0 Å². The Morgan fingerprint density at radius 3 is 2.55 bits per heavy atom. The lowest BCUT2D eigenvalue weighted by molar-refractivity contribution is -0.136. The van der Waals surface area contributed by atoms with Gasteiger partial charge in [-0.2, -0.15) is 0 Å². The number of alkyl carbamates (subject to hydrolysis) is 1. The molecular weight excluding hydrogens is 592 g/mol. The number of H-pyrrole nitrogens is 2. The van der Waals surface area contributed by atoms with Crippen molar-refractivity contribution < 1.29 is 14.3 Å². The smallest absolute Gasteiger partial charge is 0.407 e. The molecule has 244 valence electrons. The summed E-state index contributed by atoms with van der Waals surface area (Å²) >= 11 is 0. The fourth-order valence-corrected chi connectivity index (χ4v) is 6.88. The first-order valence-electron chi connectivity index (χ1n) is 16.7. The van der Waals surface area contributed by atoms with Crippen molar-refractivity contribution >= 4 is 33.8 Å². The second-order valence-corrected chi connectivity index (χ2v) is 12.8. The Balaban J connectivity index is 1.08. The van der Waals surface area contributed by atoms with Gasteiger partial charge in [0.25, 0.3) is 0 Å². The molecule has 2 atom stereocenters. The number of methoxy groups -OCH3 is 1. The van der Waals surface area contributed by atoms with Crippen LogP contribution in [0.1, 0.15) is 62.6 Å². The van der Waals surface area contributed by atoms with Crippen LogP contribution in [0.3, 0.4) is 0 Å². The van der Waals surface area contributed by atoms with Crippen molar-refractivity contribution in [2.45, 2.75) is 63.5 Å². The number of ether oxygens (including phenoxy) is 1. The van der Waals surface area contributed by atoms with E-state index < -0.39 is 12.1 Å². The Kier molecular flexibility index (Phi) is 8.88. The maximum Gasteiger partial charge on any atom is 0.407 e. The standard InChI is InChI=1S/C36H42N8O3/c1-37-15-4-3-10-32-39-20-29(40-32)26-14-12-23-17-25(13-11-24(23)18-26)27-19-28-30(21-38-27)42-34(41-28)31-9-6-16-44(31)35(45)33(22-7-5-8-22)43-36(46)47-2/h11-14,17-22,31,33,37H,3-10,15-16H2,1-2H3,(H,39,40)(H,41,42)(H,43,46). The van der Waals surface area contributed by atoms with Crippen LogP contribution in [0.4, 0.5) is 4.79 Å². The van der Waals surface area contributed by atoms with Crippen molar-refractivity contribution in [3.8, 4) is 22.5 Å². The molecule has 7 rings (SSSR count). The third-order valence-corrected chi connectivity index (χ3v) is 9.75. The van der Waals surface area contributed by atoms with Crippen molar-refractivity contribution in [1.29, 1.82) is 0 Å². The Morgan fingerprint density at radius 1 is 0.979 bits per heavy atom. The van der Waals surface area contributed by atoms with Crippen LogP contribution in [0.5, 0.6) is 0 Å². The lowest BCUT2D eigenvalue weighted by atomic mass is 9.79. The number of carbonyl (C=O) groups excluding carboxylic acids is 2. The number of nitrogens with one attached hydrogen (secondary N) is 4. The molecule has 0 spiro atoms. The quantitative estimate of drug-likeness (QED) is 0.133. The van der Waals surface area contributed by atoms with E-state index in [1.165, 1.54) is 7.11 Å². The lowest BCUT2D eigenvalue weighted by Crippen LogP contribution is -2.53. The summed E-state index contributed by atoms with van der Waals surface area (Å²) in [5.74, 6) is 1.85. The SMILES string of the molecule is CNCCCCc1ncc(-c2ccc3cc(-c4cc5nc(C6CCCN6C(=O)C(NC(=O)OC)C6CCC6)[nH]c5cn4)ccc3c2)[nH]1. The molecule has 1 saturated carbocycles. The molecule has 1 aliphatic carbocycles. The highest BCUT2D eigenvalue weighted by atomic mass is 16.5. The number of carbonyl (C=O) groups is 2. The van der Waals surface area contributed by atoms with Crippen molar-refractivity contribution in [2.75, 3.05) is 27.2 Å². The molecule has 11 nitrogen and oxygen atoms in total. The number of unbranched alkanes of at least 4 members (excludes halogenated alkanes) is 1. The molecular formula is C36H42N8O3. The van der Waals surface area contributed by atoms with E-state index in [0.717, 1.165) is 114 Å². The first-order valence-corrected chi connectivity index (χ1v) is 16.7. The van der Waals surface area contributed by atoms with Crippen LogP contribution in [0.25, 0.3) is 44.3 Å². The van der Waals surface area contributed by atoms with Gasteiger partial charge in [0.15, 0.2) is 0 Å². The molecule has 5 aromatic rings. The first-order chi connectivity index (χ1) is 23.0. The zero-order valence-corrected chi connectivity index (χ0v) is 27.0. The average molecular weight is 635 g/mol. The van der Waals surface area contributed by atoms with E-state index in [1.807, 2.05) is 30.4 Å². The molecule has 2 aliphatic rings. The number of pyridine rings is 1. The van der Waals surface area contributed by atoms with Gasteiger partial charge < -0.3 is 30.2 Å². The topological polar surface area (TPSA) is 141 Å². The summed E-state index contributed by atoms with van der Waals surface area (Å²) in [6, 6.07) is 14.1. The maximum atomic E-state index is 13.7. The lowest BCUT2D eigenvalue weighted by Gasteiger charge is -2.36. The molecule has 11 heteroatoms. The number of benzene rings is 2. The molecule has 1 saturated heterocycles. The third-order valence-electron chi connectivity index (χ3n) is 9.75. The molecule has 0 radical (unpaired) electrons. The molecule has 4 heterocycles. The van der Waals surface area contributed by atoms with E-state index in [2.05, 4.69) is 62.0 Å². The van der Waals surface area contributed by atoms with Crippen molar-refractivity contribution in [1.82, 2.24) is 40.5 Å². The second-order valence-electron chi connectivity index (χ2n) is 12.8. The number of hydrogen-bond donors (Lipinski definition) is 4. The van der Waals surface area contributed by atoms with Crippen LogP contribution in [0.15, 0.2) is 54.9 Å². The largest absolute Gasteiger partial charge is 0.453 e. The Hall–Kier alpha value is -4.77. The molecule has 2 unspecified atom stereocenters. The third kappa shape index (κ3) is 6.44. The molecule has 2 amide bonds. The summed E-state index contributed by atoms with van der Waals surface area (Å²) in [6.45, 7) is 1.65. The summed E-state index contributed by atoms with van der Waals surface area (Å²) < 4.78 is 4.82. The minimum Gasteiger partial charge on any atom is -0.453 e. The average Bonchev–Trinajstić information content (AvgIpc) is 3.84. The van der Waals surface area contributed by atoms with Crippen LogP contribution in [0, 0.1) is 5.92 Å². The molecule has 2 fully saturated rings. The molecule has 47 heavy (non-hydrogen) atoms. The Morgan fingerprint density at radius 2 is 1.79 bits per heavy atom. The van der Waals surface area contributed by atoms with Crippen LogP contribution in [-0.4, -0.2) is 75.1 Å². The normalized spacial score (nSPS) is 17.2. The maximum absolute atomic E-state index is 13.7. The number of rotatable bonds is 11. The number of fused-ring (bicyclic) bond motifs is 2. The number of imidazole rings is 2. The number of aromatic nitrogens is 5. The molecule has 2 aromatic carbocycles. The first kappa shape index (κ1) is 30.9. The fraction of sp³-hybridized carbons (Fsp3) is 0.417. The zero-order chi connectivity index (χ0) is 32.3. The summed E-state index contributed by atoms with van der Waals surface area (Å²) in [5.41, 5.74) is 5.63. The number of nitrogens with zero attached hydrogens (tertiary/aromatic N) is 4. The van der Waals surface area contributed by atoms with Gasteiger partial charge in [-0.15, -0.1) is 0 Å². The van der Waals surface area contributed by atoms with Crippen molar-refractivity contribution in [2.24, 2.45) is 5.92 Å². The van der Waals surface area contributed by atoms with Gasteiger partial charge in [0, 0.05) is 24.1 Å². The van der Waals surface area contributed by atoms with Crippen LogP contribution < -0.4 is 10.6 Å². The monoisotopic (exact) mass is 634 g/mol. The van der Waals surface area contributed by atoms with Crippen LogP contribution in [0.2, 0.25) is 0 Å². The van der Waals surface area contributed by atoms with E-state index in [4.69, 9.17) is 14.7 Å². The van der Waals surface area contributed by atoms with Crippen LogP contribution >= 0.6 is 0 Å². The Bertz CT molecular complexity index is 1890. The van der Waals surface area contributed by atoms with Gasteiger partial charge in [0.1, 0.15) is 17.7 Å². The van der Waals surface area contributed by atoms with Crippen molar-refractivity contribution in [3.63, 3.8) is 0 Å². The van der Waals surface area contributed by atoms with E-state index in [1.54, 1.807) is 0 Å². The fourth-order valence-electron chi connectivity index (χ4n) is 6.88. The number of amides is 2. The molecule has 0 bridgehead atoms. The van der Waals surface area contributed by atoms with Gasteiger partial charge in [-0.1, -0.05) is 30.7 Å². The number of aromatic amines is 2. The predicted octanol–water partition coefficient (Wildman–Crippen LogP) is 5.90. The van der Waals surface area contributed by atoms with Crippen LogP contribution in [-0.2, 0) is 16.0 Å². The van der Waals surface area contributed by atoms with E-state index in [9.17, 15) is 9.59 Å². The minimum absolute atomic E-state index is 0.0608. The minimum atomic E-state index is -0.575. The highest BCUT2D eigenvalue weighted by Gasteiger charge is 2.41. The summed E-state index contributed by atoms with van der Waals surface area (Å²) in [7, 11) is 3.31. The number of likely N-dealkylation sites (tertiary alicyclic amines) is 1. The van der Waals surface area contributed by atoms with E-state index in [-0.39, 0.29) is 17.9 Å². The molecule has 1 aliphatic heterocycles. The molecule has 4 N–H and O–H groups in total. The van der Waals surface area contributed by atoms with E-state index in [0.29, 0.717) is 6.54 Å². The van der Waals surface area contributed by atoms with Gasteiger partial charge in [0.05, 0.1) is 48.0 Å². The van der Waals surface area contributed by atoms with Gasteiger partial charge >= 0.3 is 6.09 Å². The van der Waals surface area contributed by atoms with Gasteiger partial charge in [-0.25, -0.2) is 14.8 Å². The zero-order valence-electron chi connectivity index (χ0n) is 27.0. The number of hydrogen-bond acceptors (Lipinski definition) is 7. The predicted molar refractivity (Wildman–Crippen MR) is 182 cm³/mol. The highest BCUT2D eigenvalue weighted by molar-refractivity contribution is 5.91. The summed E-state index contributed by atoms with van der Waals surface area (Å²) in [4.78, 5) is 48.9. The van der Waals surface area contributed by atoms with Gasteiger partial charge in [-0.3, -0.25) is 9.78 Å². The number of aryl methyl sites for hydroxylation is 1. The van der Waals surface area contributed by atoms with Gasteiger partial charge in [0.2, 0.25) is 5.91 Å². The van der Waals surface area contributed by atoms with Crippen molar-refractivity contribution in [3.05, 3.63) is 66.5 Å². The summed E-state index contributed by atoms with van der Waals surface area (Å²) in [6.07, 6.45) is 11.0. The summed E-state index contributed by atoms with van der Waals surface area (Å²) in [5, 5.41) is 8.27.